The molecule has 1 aromatic carbocycles. The molecule has 0 amide bonds. The zero-order chi connectivity index (χ0) is 19.7. The number of benzene rings is 1. The van der Waals surface area contributed by atoms with Crippen molar-refractivity contribution in [1.29, 1.82) is 0 Å². The number of rotatable bonds is 3. The van der Waals surface area contributed by atoms with Crippen molar-refractivity contribution in [2.75, 3.05) is 18.5 Å². The number of likely N-dealkylation sites (tertiary alicyclic amines) is 1. The highest BCUT2D eigenvalue weighted by Crippen LogP contribution is 2.41. The fourth-order valence-corrected chi connectivity index (χ4v) is 4.92. The lowest BCUT2D eigenvalue weighted by Crippen LogP contribution is -2.29. The molecule has 4 nitrogen and oxygen atoms in total. The van der Waals surface area contributed by atoms with Gasteiger partial charge in [-0.25, -0.2) is 9.97 Å². The zero-order valence-corrected chi connectivity index (χ0v) is 17.6. The van der Waals surface area contributed by atoms with Crippen molar-refractivity contribution in [3.8, 4) is 0 Å². The monoisotopic (exact) mass is 396 g/mol. The number of aryl methyl sites for hydroxylation is 1. The van der Waals surface area contributed by atoms with Crippen LogP contribution in [0.25, 0.3) is 0 Å². The van der Waals surface area contributed by atoms with Gasteiger partial charge in [0.1, 0.15) is 12.1 Å². The highest BCUT2D eigenvalue weighted by Gasteiger charge is 2.28. The second-order valence-corrected chi connectivity index (χ2v) is 8.50. The van der Waals surface area contributed by atoms with Gasteiger partial charge >= 0.3 is 0 Å². The molecule has 28 heavy (non-hydrogen) atoms. The van der Waals surface area contributed by atoms with E-state index in [1.54, 1.807) is 6.33 Å². The summed E-state index contributed by atoms with van der Waals surface area (Å²) in [6.45, 7) is 7.18. The summed E-state index contributed by atoms with van der Waals surface area (Å²) in [6, 6.07) is 9.40. The summed E-state index contributed by atoms with van der Waals surface area (Å²) in [6.07, 6.45) is 8.59. The third-order valence-corrected chi connectivity index (χ3v) is 6.60. The van der Waals surface area contributed by atoms with Crippen LogP contribution in [0.15, 0.2) is 42.9 Å². The van der Waals surface area contributed by atoms with Crippen LogP contribution in [0.4, 0.5) is 5.82 Å². The van der Waals surface area contributed by atoms with E-state index in [-0.39, 0.29) is 6.04 Å². The summed E-state index contributed by atoms with van der Waals surface area (Å²) >= 11 is 6.86. The van der Waals surface area contributed by atoms with Crippen LogP contribution in [0.1, 0.15) is 67.4 Å². The van der Waals surface area contributed by atoms with Crippen molar-refractivity contribution in [3.63, 3.8) is 0 Å². The van der Waals surface area contributed by atoms with E-state index in [0.717, 1.165) is 42.3 Å². The Balaban J connectivity index is 1.66. The average molecular weight is 397 g/mol. The molecule has 2 unspecified atom stereocenters. The maximum Gasteiger partial charge on any atom is 0.132 e. The standard InChI is InChI=1S/C23H29ClN4/c1-16-13-23(26-15-25-16)28-12-6-4-5-7-22(28)19-10-9-18(14-20(19)24)21-11-8-17(2)27(21)3/h9-10,13-15,21-22H,2,4-8,11-12H2,1,3H3. The molecule has 2 saturated heterocycles. The lowest BCUT2D eigenvalue weighted by atomic mass is 9.96. The maximum atomic E-state index is 6.86. The first-order chi connectivity index (χ1) is 13.5. The van der Waals surface area contributed by atoms with Crippen molar-refractivity contribution < 1.29 is 0 Å². The van der Waals surface area contributed by atoms with Gasteiger partial charge in [0.25, 0.3) is 0 Å². The van der Waals surface area contributed by atoms with Crippen LogP contribution < -0.4 is 4.90 Å². The Labute approximate surface area is 173 Å². The third-order valence-electron chi connectivity index (χ3n) is 6.28. The first-order valence-electron chi connectivity index (χ1n) is 10.3. The second-order valence-electron chi connectivity index (χ2n) is 8.09. The maximum absolute atomic E-state index is 6.86. The quantitative estimate of drug-likeness (QED) is 0.652. The molecule has 2 atom stereocenters. The predicted molar refractivity (Wildman–Crippen MR) is 116 cm³/mol. The third kappa shape index (κ3) is 3.75. The molecule has 2 fully saturated rings. The molecule has 148 valence electrons. The predicted octanol–water partition coefficient (Wildman–Crippen LogP) is 5.84. The molecule has 0 saturated carbocycles. The molecular weight excluding hydrogens is 368 g/mol. The van der Waals surface area contributed by atoms with Gasteiger partial charge in [-0.1, -0.05) is 43.2 Å². The number of allylic oxidation sites excluding steroid dienone is 1. The van der Waals surface area contributed by atoms with E-state index in [1.165, 1.54) is 36.1 Å². The lowest BCUT2D eigenvalue weighted by molar-refractivity contribution is 0.362. The number of hydrogen-bond donors (Lipinski definition) is 0. The smallest absolute Gasteiger partial charge is 0.132 e. The number of anilines is 1. The summed E-state index contributed by atoms with van der Waals surface area (Å²) in [5.74, 6) is 1.01. The molecule has 2 aliphatic rings. The molecule has 0 bridgehead atoms. The van der Waals surface area contributed by atoms with E-state index in [1.807, 2.05) is 6.92 Å². The highest BCUT2D eigenvalue weighted by atomic mass is 35.5. The van der Waals surface area contributed by atoms with E-state index in [9.17, 15) is 0 Å². The summed E-state index contributed by atoms with van der Waals surface area (Å²) in [7, 11) is 2.13. The molecule has 0 N–H and O–H groups in total. The molecule has 3 heterocycles. The zero-order valence-electron chi connectivity index (χ0n) is 16.9. The molecule has 1 aromatic heterocycles. The van der Waals surface area contributed by atoms with Gasteiger partial charge in [-0.15, -0.1) is 0 Å². The van der Waals surface area contributed by atoms with Crippen LogP contribution >= 0.6 is 11.6 Å². The molecule has 5 heteroatoms. The largest absolute Gasteiger partial charge is 0.371 e. The van der Waals surface area contributed by atoms with Gasteiger partial charge in [-0.05, 0) is 49.8 Å². The molecular formula is C23H29ClN4. The van der Waals surface area contributed by atoms with Crippen LogP contribution in [0.3, 0.4) is 0 Å². The van der Waals surface area contributed by atoms with E-state index in [2.05, 4.69) is 57.7 Å². The average Bonchev–Trinajstić information content (AvgIpc) is 2.88. The van der Waals surface area contributed by atoms with Crippen LogP contribution in [-0.2, 0) is 0 Å². The highest BCUT2D eigenvalue weighted by molar-refractivity contribution is 6.31. The first-order valence-corrected chi connectivity index (χ1v) is 10.7. The second kappa shape index (κ2) is 8.12. The van der Waals surface area contributed by atoms with Gasteiger partial charge in [0.05, 0.1) is 12.1 Å². The van der Waals surface area contributed by atoms with Crippen molar-refractivity contribution in [1.82, 2.24) is 14.9 Å². The Morgan fingerprint density at radius 3 is 2.64 bits per heavy atom. The van der Waals surface area contributed by atoms with Crippen molar-refractivity contribution in [2.45, 2.75) is 57.5 Å². The minimum Gasteiger partial charge on any atom is -0.371 e. The molecule has 0 radical (unpaired) electrons. The molecule has 2 aliphatic heterocycles. The van der Waals surface area contributed by atoms with Crippen molar-refractivity contribution in [2.24, 2.45) is 0 Å². The van der Waals surface area contributed by atoms with Crippen LogP contribution in [0, 0.1) is 6.92 Å². The van der Waals surface area contributed by atoms with Gasteiger partial charge in [0, 0.05) is 36.1 Å². The number of halogens is 1. The van der Waals surface area contributed by atoms with Crippen LogP contribution in [0.5, 0.6) is 0 Å². The Morgan fingerprint density at radius 1 is 1.07 bits per heavy atom. The van der Waals surface area contributed by atoms with E-state index < -0.39 is 0 Å². The van der Waals surface area contributed by atoms with E-state index in [0.29, 0.717) is 6.04 Å². The number of aromatic nitrogens is 2. The Kier molecular flexibility index (Phi) is 5.58. The normalized spacial score (nSPS) is 23.2. The Hall–Kier alpha value is -2.07. The minimum absolute atomic E-state index is 0.259. The minimum atomic E-state index is 0.259. The first kappa shape index (κ1) is 19.3. The topological polar surface area (TPSA) is 32.3 Å². The molecule has 2 aromatic rings. The van der Waals surface area contributed by atoms with Crippen molar-refractivity contribution in [3.05, 3.63) is 64.7 Å². The number of hydrogen-bond acceptors (Lipinski definition) is 4. The number of nitrogens with zero attached hydrogens (tertiary/aromatic N) is 4. The van der Waals surface area contributed by atoms with E-state index in [4.69, 9.17) is 11.6 Å². The summed E-state index contributed by atoms with van der Waals surface area (Å²) in [4.78, 5) is 13.5. The van der Waals surface area contributed by atoms with Gasteiger partial charge < -0.3 is 9.80 Å². The Bertz CT molecular complexity index is 865. The van der Waals surface area contributed by atoms with Crippen LogP contribution in [0.2, 0.25) is 5.02 Å². The summed E-state index contributed by atoms with van der Waals surface area (Å²) in [5.41, 5.74) is 4.70. The van der Waals surface area contributed by atoms with Gasteiger partial charge in [0.2, 0.25) is 0 Å². The van der Waals surface area contributed by atoms with E-state index >= 15 is 0 Å². The van der Waals surface area contributed by atoms with Gasteiger partial charge in [0.15, 0.2) is 0 Å². The lowest BCUT2D eigenvalue weighted by Gasteiger charge is -2.32. The summed E-state index contributed by atoms with van der Waals surface area (Å²) < 4.78 is 0. The van der Waals surface area contributed by atoms with Crippen LogP contribution in [-0.4, -0.2) is 28.5 Å². The SMILES string of the molecule is C=C1CCC(c2ccc(C3CCCCCN3c3cc(C)ncn3)c(Cl)c2)N1C. The van der Waals surface area contributed by atoms with Crippen molar-refractivity contribution >= 4 is 17.4 Å². The van der Waals surface area contributed by atoms with Gasteiger partial charge in [-0.3, -0.25) is 0 Å². The molecule has 0 aliphatic carbocycles. The summed E-state index contributed by atoms with van der Waals surface area (Å²) in [5, 5.41) is 0.867. The fourth-order valence-electron chi connectivity index (χ4n) is 4.61. The molecule has 0 spiro atoms. The Morgan fingerprint density at radius 2 is 1.93 bits per heavy atom. The molecule has 4 rings (SSSR count). The van der Waals surface area contributed by atoms with Gasteiger partial charge in [-0.2, -0.15) is 0 Å². The fraction of sp³-hybridized carbons (Fsp3) is 0.478.